The Kier molecular flexibility index (Phi) is 7.43. The smallest absolute Gasteiger partial charge is 0.00573 e. The number of rotatable bonds is 0. The third-order valence-electron chi connectivity index (χ3n) is 15.4. The number of hydrogen-bond donors (Lipinski definition) is 0. The van der Waals surface area contributed by atoms with Crippen LogP contribution in [0.2, 0.25) is 0 Å². The first-order valence-electron chi connectivity index (χ1n) is 20.2. The zero-order valence-corrected chi connectivity index (χ0v) is 35.4. The van der Waals surface area contributed by atoms with Crippen LogP contribution in [0.3, 0.4) is 0 Å². The summed E-state index contributed by atoms with van der Waals surface area (Å²) in [6.45, 7) is 43.0. The van der Waals surface area contributed by atoms with Crippen LogP contribution in [-0.2, 0) is 82.9 Å². The summed E-state index contributed by atoms with van der Waals surface area (Å²) in [5.41, 5.74) is 33.2. The summed E-state index contributed by atoms with van der Waals surface area (Å²) in [5.74, 6) is 0. The lowest BCUT2D eigenvalue weighted by Gasteiger charge is -2.57. The lowest BCUT2D eigenvalue weighted by Crippen LogP contribution is -2.50. The van der Waals surface area contributed by atoms with Gasteiger partial charge in [0.2, 0.25) is 0 Å². The summed E-state index contributed by atoms with van der Waals surface area (Å²) in [4.78, 5) is 0. The van der Waals surface area contributed by atoms with Gasteiger partial charge in [-0.2, -0.15) is 0 Å². The van der Waals surface area contributed by atoms with Crippen molar-refractivity contribution < 1.29 is 0 Å². The number of benzene rings is 3. The molecule has 0 saturated carbocycles. The van der Waals surface area contributed by atoms with Crippen LogP contribution in [0.4, 0.5) is 0 Å². The van der Waals surface area contributed by atoms with E-state index in [0.717, 1.165) is 0 Å². The van der Waals surface area contributed by atoms with Gasteiger partial charge in [0.25, 0.3) is 0 Å². The van der Waals surface area contributed by atoms with Gasteiger partial charge in [-0.15, -0.1) is 0 Å². The average molecular weight is 685 g/mol. The Morgan fingerprint density at radius 1 is 0.235 bits per heavy atom. The van der Waals surface area contributed by atoms with Crippen molar-refractivity contribution in [1.82, 2.24) is 0 Å². The molecule has 0 nitrogen and oxygen atoms in total. The lowest BCUT2D eigenvalue weighted by atomic mass is 9.47. The highest BCUT2D eigenvalue weighted by Crippen LogP contribution is 2.61. The Hall–Kier alpha value is -2.34. The first-order valence-corrected chi connectivity index (χ1v) is 20.2. The van der Waals surface area contributed by atoms with Gasteiger partial charge in [-0.25, -0.2) is 0 Å². The van der Waals surface area contributed by atoms with Crippen molar-refractivity contribution in [1.29, 1.82) is 0 Å². The van der Waals surface area contributed by atoms with E-state index in [2.05, 4.69) is 125 Å². The van der Waals surface area contributed by atoms with Gasteiger partial charge < -0.3 is 0 Å². The van der Waals surface area contributed by atoms with Gasteiger partial charge in [0.05, 0.1) is 0 Å². The Bertz CT molecular complexity index is 1740. The minimum atomic E-state index is 0. The molecule has 0 radical (unpaired) electrons. The van der Waals surface area contributed by atoms with Gasteiger partial charge in [-0.05, 0) is 211 Å². The molecule has 0 aromatic heterocycles. The summed E-state index contributed by atoms with van der Waals surface area (Å²) in [5, 5.41) is 0. The molecule has 0 aliphatic heterocycles. The van der Waals surface area contributed by atoms with E-state index in [0.29, 0.717) is 37.9 Å². The van der Waals surface area contributed by atoms with Gasteiger partial charge in [0, 0.05) is 0 Å². The molecule has 10 rings (SSSR count). The summed E-state index contributed by atoms with van der Waals surface area (Å²) in [6, 6.07) is 0. The van der Waals surface area contributed by atoms with Gasteiger partial charge >= 0.3 is 0 Å². The van der Waals surface area contributed by atoms with Crippen molar-refractivity contribution in [2.45, 2.75) is 215 Å². The van der Waals surface area contributed by atoms with E-state index in [9.17, 15) is 0 Å². The molecule has 0 bridgehead atoms. The van der Waals surface area contributed by atoms with E-state index in [-0.39, 0.29) is 7.43 Å². The van der Waals surface area contributed by atoms with Crippen LogP contribution in [0, 0.1) is 27.7 Å². The van der Waals surface area contributed by atoms with Crippen LogP contribution in [0.5, 0.6) is 0 Å². The SMILES string of the molecule is C.CC1(C)Cc2c1c1c(c3c2C(C)(C)C3)C(C)(C)C1.Cc1c(C)c2c(c3c1C(C)(C)C3)CC2(C)C.Cc1c2c(c(C)c3c1C(C)(C)C3)C(C)(C)C2. The number of fused-ring (bicyclic) bond motifs is 11. The maximum atomic E-state index is 2.43. The summed E-state index contributed by atoms with van der Waals surface area (Å²) in [6.07, 6.45) is 9.06. The first-order chi connectivity index (χ1) is 22.7. The Labute approximate surface area is 314 Å². The zero-order chi connectivity index (χ0) is 36.8. The second kappa shape index (κ2) is 10.2. The van der Waals surface area contributed by atoms with Gasteiger partial charge in [-0.1, -0.05) is 104 Å². The van der Waals surface area contributed by atoms with E-state index in [1.165, 1.54) is 44.9 Å². The number of hydrogen-bond acceptors (Lipinski definition) is 0. The van der Waals surface area contributed by atoms with E-state index in [1.54, 1.807) is 100 Å². The van der Waals surface area contributed by atoms with Crippen molar-refractivity contribution in [3.8, 4) is 0 Å². The molecule has 0 amide bonds. The lowest BCUT2D eigenvalue weighted by molar-refractivity contribution is 0.347. The summed E-state index contributed by atoms with van der Waals surface area (Å²) < 4.78 is 0. The molecular weight excluding hydrogens is 613 g/mol. The fraction of sp³-hybridized carbons (Fsp3) is 0.647. The molecule has 7 aliphatic rings. The molecule has 7 aliphatic carbocycles. The predicted octanol–water partition coefficient (Wildman–Crippen LogP) is 12.8. The van der Waals surface area contributed by atoms with E-state index in [1.807, 2.05) is 0 Å². The van der Waals surface area contributed by atoms with Crippen molar-refractivity contribution in [2.75, 3.05) is 0 Å². The predicted molar refractivity (Wildman–Crippen MR) is 222 cm³/mol. The van der Waals surface area contributed by atoms with Crippen LogP contribution in [0.1, 0.15) is 205 Å². The molecule has 0 atom stereocenters. The first kappa shape index (κ1) is 37.0. The van der Waals surface area contributed by atoms with Gasteiger partial charge in [-0.3, -0.25) is 0 Å². The summed E-state index contributed by atoms with van der Waals surface area (Å²) in [7, 11) is 0. The molecule has 276 valence electrons. The minimum absolute atomic E-state index is 0. The zero-order valence-electron chi connectivity index (χ0n) is 35.4. The Morgan fingerprint density at radius 2 is 0.412 bits per heavy atom. The molecule has 0 unspecified atom stereocenters. The topological polar surface area (TPSA) is 0 Å². The molecule has 0 saturated heterocycles. The highest BCUT2D eigenvalue weighted by Gasteiger charge is 2.54. The van der Waals surface area contributed by atoms with E-state index >= 15 is 0 Å². The van der Waals surface area contributed by atoms with Crippen molar-refractivity contribution in [3.63, 3.8) is 0 Å². The normalized spacial score (nSPS) is 23.9. The van der Waals surface area contributed by atoms with Gasteiger partial charge in [0.1, 0.15) is 0 Å². The highest BCUT2D eigenvalue weighted by molar-refractivity contribution is 5.71. The molecule has 51 heavy (non-hydrogen) atoms. The molecule has 0 spiro atoms. The van der Waals surface area contributed by atoms with E-state index < -0.39 is 0 Å². The molecular formula is C51H72. The maximum Gasteiger partial charge on any atom is -0.00573 e. The second-order valence-electron chi connectivity index (χ2n) is 22.9. The second-order valence-corrected chi connectivity index (χ2v) is 22.9. The highest BCUT2D eigenvalue weighted by atomic mass is 14.6. The Morgan fingerprint density at radius 3 is 0.627 bits per heavy atom. The van der Waals surface area contributed by atoms with Crippen LogP contribution in [0.25, 0.3) is 0 Å². The molecule has 3 aromatic carbocycles. The third kappa shape index (κ3) is 4.62. The van der Waals surface area contributed by atoms with Gasteiger partial charge in [0.15, 0.2) is 0 Å². The van der Waals surface area contributed by atoms with E-state index in [4.69, 9.17) is 0 Å². The van der Waals surface area contributed by atoms with Crippen molar-refractivity contribution >= 4 is 0 Å². The molecule has 3 aromatic rings. The average Bonchev–Trinajstić information content (AvgIpc) is 2.90. The largest absolute Gasteiger partial charge is 0.0776 e. The fourth-order valence-corrected chi connectivity index (χ4v) is 13.6. The van der Waals surface area contributed by atoms with Crippen LogP contribution in [0.15, 0.2) is 0 Å². The summed E-state index contributed by atoms with van der Waals surface area (Å²) >= 11 is 0. The molecule has 0 heterocycles. The molecule has 0 heteroatoms. The Balaban J connectivity index is 0.000000119. The maximum absolute atomic E-state index is 2.43. The van der Waals surface area contributed by atoms with Crippen molar-refractivity contribution in [2.24, 2.45) is 0 Å². The van der Waals surface area contributed by atoms with Crippen LogP contribution < -0.4 is 0 Å². The standard InChI is InChI=1S/C18H24.2C16H22.CH4/c1-16(2)7-10-13(16)11-8-17(3,4)15(11)12-9-18(5,6)14(10)12;1-9-11-7-16(5,6)14(11)10(2)12-8-15(3,4)13(9)12;1-9-10(2)14-12(8-16(14,5)6)11-7-15(3,4)13(9)11;/h7-9H2,1-6H3;2*7-8H2,1-6H3;1H4. The molecule has 0 fully saturated rings. The quantitative estimate of drug-likeness (QED) is 0.221. The van der Waals surface area contributed by atoms with Crippen molar-refractivity contribution in [3.05, 3.63) is 100 Å². The van der Waals surface area contributed by atoms with Crippen LogP contribution in [-0.4, -0.2) is 0 Å². The van der Waals surface area contributed by atoms with Crippen LogP contribution >= 0.6 is 0 Å². The fourth-order valence-electron chi connectivity index (χ4n) is 13.6. The molecule has 0 N–H and O–H groups in total. The third-order valence-corrected chi connectivity index (χ3v) is 15.4. The minimum Gasteiger partial charge on any atom is -0.0776 e. The monoisotopic (exact) mass is 685 g/mol.